The van der Waals surface area contributed by atoms with Crippen molar-refractivity contribution in [3.05, 3.63) is 48.1 Å². The third kappa shape index (κ3) is 2.11. The minimum absolute atomic E-state index is 0.336. The van der Waals surface area contributed by atoms with E-state index in [4.69, 9.17) is 9.68 Å². The molecule has 0 aliphatic rings. The smallest absolute Gasteiger partial charge is 0.146 e. The molecule has 0 saturated carbocycles. The zero-order valence-electron chi connectivity index (χ0n) is 10.2. The number of hydrogen-bond donors (Lipinski definition) is 1. The van der Waals surface area contributed by atoms with Crippen LogP contribution in [0.4, 0.5) is 11.5 Å². The fourth-order valence-corrected chi connectivity index (χ4v) is 1.90. The lowest BCUT2D eigenvalue weighted by molar-refractivity contribution is 0.617. The quantitative estimate of drug-likeness (QED) is 0.756. The van der Waals surface area contributed by atoms with Crippen LogP contribution >= 0.6 is 0 Å². The molecule has 0 spiro atoms. The summed E-state index contributed by atoms with van der Waals surface area (Å²) in [6.07, 6.45) is 1.63. The largest absolute Gasteiger partial charge is 0.462 e. The molecule has 2 heterocycles. The molecule has 0 aliphatic carbocycles. The lowest BCUT2D eigenvalue weighted by Gasteiger charge is -2.04. The van der Waals surface area contributed by atoms with E-state index in [9.17, 15) is 0 Å². The minimum atomic E-state index is 0.336. The highest BCUT2D eigenvalue weighted by Gasteiger charge is 2.07. The molecular formula is C14H10N4O. The fraction of sp³-hybridized carbons (Fsp3) is 0.0714. The molecule has 3 aromatic rings. The first-order valence-electron chi connectivity index (χ1n) is 5.75. The molecule has 0 saturated heterocycles. The summed E-state index contributed by atoms with van der Waals surface area (Å²) >= 11 is 0. The van der Waals surface area contributed by atoms with Crippen molar-refractivity contribution in [2.24, 2.45) is 0 Å². The van der Waals surface area contributed by atoms with Gasteiger partial charge in [-0.25, -0.2) is 9.97 Å². The van der Waals surface area contributed by atoms with E-state index in [0.717, 1.165) is 16.7 Å². The van der Waals surface area contributed by atoms with Crippen molar-refractivity contribution in [3.63, 3.8) is 0 Å². The summed E-state index contributed by atoms with van der Waals surface area (Å²) in [5.74, 6) is 1.13. The number of rotatable bonds is 2. The predicted molar refractivity (Wildman–Crippen MR) is 71.0 cm³/mol. The van der Waals surface area contributed by atoms with Gasteiger partial charge in [-0.2, -0.15) is 5.26 Å². The number of anilines is 2. The normalized spacial score (nSPS) is 10.3. The van der Waals surface area contributed by atoms with Crippen molar-refractivity contribution in [2.45, 2.75) is 6.92 Å². The third-order valence-electron chi connectivity index (χ3n) is 2.70. The maximum absolute atomic E-state index is 8.90. The lowest BCUT2D eigenvalue weighted by atomic mass is 10.2. The Hall–Kier alpha value is -2.87. The van der Waals surface area contributed by atoms with Crippen molar-refractivity contribution in [3.8, 4) is 6.07 Å². The first-order valence-corrected chi connectivity index (χ1v) is 5.75. The molecule has 0 amide bonds. The molecule has 0 bridgehead atoms. The van der Waals surface area contributed by atoms with E-state index in [-0.39, 0.29) is 0 Å². The highest BCUT2D eigenvalue weighted by molar-refractivity contribution is 5.91. The van der Waals surface area contributed by atoms with E-state index in [1.807, 2.05) is 30.3 Å². The van der Waals surface area contributed by atoms with Crippen LogP contribution in [-0.4, -0.2) is 9.97 Å². The van der Waals surface area contributed by atoms with Gasteiger partial charge in [0.1, 0.15) is 35.3 Å². The van der Waals surface area contributed by atoms with Gasteiger partial charge in [0, 0.05) is 11.5 Å². The van der Waals surface area contributed by atoms with Gasteiger partial charge in [0.25, 0.3) is 0 Å². The maximum atomic E-state index is 8.90. The Morgan fingerprint density at radius 1 is 1.26 bits per heavy atom. The molecule has 19 heavy (non-hydrogen) atoms. The summed E-state index contributed by atoms with van der Waals surface area (Å²) in [5, 5.41) is 13.0. The Kier molecular flexibility index (Phi) is 2.62. The molecule has 5 heteroatoms. The van der Waals surface area contributed by atoms with Crippen LogP contribution in [0, 0.1) is 18.3 Å². The molecule has 1 N–H and O–H groups in total. The van der Waals surface area contributed by atoms with Crippen LogP contribution in [0.15, 0.2) is 41.0 Å². The van der Waals surface area contributed by atoms with Crippen molar-refractivity contribution in [2.75, 3.05) is 5.32 Å². The van der Waals surface area contributed by atoms with Crippen LogP contribution in [0.2, 0.25) is 0 Å². The number of benzene rings is 1. The molecular weight excluding hydrogens is 240 g/mol. The first-order chi connectivity index (χ1) is 9.26. The Balaban J connectivity index is 2.02. The number of nitriles is 1. The van der Waals surface area contributed by atoms with Crippen LogP contribution < -0.4 is 5.32 Å². The molecule has 2 aromatic heterocycles. The van der Waals surface area contributed by atoms with Gasteiger partial charge in [0.05, 0.1) is 5.69 Å². The molecule has 92 valence electrons. The summed E-state index contributed by atoms with van der Waals surface area (Å²) in [5.41, 5.74) is 1.96. The summed E-state index contributed by atoms with van der Waals surface area (Å²) < 4.78 is 5.44. The van der Waals surface area contributed by atoms with Crippen LogP contribution in [-0.2, 0) is 0 Å². The van der Waals surface area contributed by atoms with Gasteiger partial charge < -0.3 is 9.73 Å². The minimum Gasteiger partial charge on any atom is -0.462 e. The summed E-state index contributed by atoms with van der Waals surface area (Å²) in [6, 6.07) is 11.3. The second-order valence-electron chi connectivity index (χ2n) is 4.07. The second kappa shape index (κ2) is 4.42. The first kappa shape index (κ1) is 11.2. The Bertz CT molecular complexity index is 785. The molecule has 1 aromatic carbocycles. The molecule has 3 rings (SSSR count). The Morgan fingerprint density at radius 3 is 2.95 bits per heavy atom. The summed E-state index contributed by atoms with van der Waals surface area (Å²) in [4.78, 5) is 8.26. The fourth-order valence-electron chi connectivity index (χ4n) is 1.90. The van der Waals surface area contributed by atoms with Crippen molar-refractivity contribution < 1.29 is 4.42 Å². The highest BCUT2D eigenvalue weighted by atomic mass is 16.3. The van der Waals surface area contributed by atoms with Crippen molar-refractivity contribution >= 4 is 22.5 Å². The van der Waals surface area contributed by atoms with Crippen LogP contribution in [0.25, 0.3) is 11.0 Å². The Labute approximate surface area is 109 Å². The van der Waals surface area contributed by atoms with Gasteiger partial charge in [-0.15, -0.1) is 0 Å². The van der Waals surface area contributed by atoms with Gasteiger partial charge in [-0.1, -0.05) is 12.1 Å². The predicted octanol–water partition coefficient (Wildman–Crippen LogP) is 3.15. The SMILES string of the molecule is Cc1nc(C#N)cc(Nc2coc3ccccc23)n1. The monoisotopic (exact) mass is 250 g/mol. The van der Waals surface area contributed by atoms with Gasteiger partial charge >= 0.3 is 0 Å². The summed E-state index contributed by atoms with van der Waals surface area (Å²) in [7, 11) is 0. The average Bonchev–Trinajstić information content (AvgIpc) is 2.82. The number of nitrogens with one attached hydrogen (secondary N) is 1. The molecule has 0 unspecified atom stereocenters. The van der Waals surface area contributed by atoms with E-state index in [2.05, 4.69) is 15.3 Å². The molecule has 0 atom stereocenters. The molecule has 0 fully saturated rings. The number of hydrogen-bond acceptors (Lipinski definition) is 5. The van der Waals surface area contributed by atoms with Gasteiger partial charge in [-0.05, 0) is 19.1 Å². The molecule has 0 radical (unpaired) electrons. The van der Waals surface area contributed by atoms with E-state index in [1.54, 1.807) is 19.3 Å². The van der Waals surface area contributed by atoms with Gasteiger partial charge in [-0.3, -0.25) is 0 Å². The number of furan rings is 1. The highest BCUT2D eigenvalue weighted by Crippen LogP contribution is 2.27. The van der Waals surface area contributed by atoms with E-state index in [1.165, 1.54) is 0 Å². The standard InChI is InChI=1S/C14H10N4O/c1-9-16-10(7-15)6-14(17-9)18-12-8-19-13-5-3-2-4-11(12)13/h2-6,8H,1H3,(H,16,17,18). The topological polar surface area (TPSA) is 74.7 Å². The maximum Gasteiger partial charge on any atom is 0.146 e. The summed E-state index contributed by atoms with van der Waals surface area (Å²) in [6.45, 7) is 1.75. The average molecular weight is 250 g/mol. The van der Waals surface area contributed by atoms with E-state index in [0.29, 0.717) is 17.3 Å². The third-order valence-corrected chi connectivity index (χ3v) is 2.70. The zero-order valence-corrected chi connectivity index (χ0v) is 10.2. The van der Waals surface area contributed by atoms with Crippen molar-refractivity contribution in [1.82, 2.24) is 9.97 Å². The lowest BCUT2D eigenvalue weighted by Crippen LogP contribution is -1.98. The van der Waals surface area contributed by atoms with Crippen LogP contribution in [0.1, 0.15) is 11.5 Å². The number of para-hydroxylation sites is 1. The second-order valence-corrected chi connectivity index (χ2v) is 4.07. The van der Waals surface area contributed by atoms with E-state index < -0.39 is 0 Å². The molecule has 0 aliphatic heterocycles. The molecule has 5 nitrogen and oxygen atoms in total. The van der Waals surface area contributed by atoms with Gasteiger partial charge in [0.15, 0.2) is 0 Å². The Morgan fingerprint density at radius 2 is 2.11 bits per heavy atom. The van der Waals surface area contributed by atoms with Crippen molar-refractivity contribution in [1.29, 1.82) is 5.26 Å². The van der Waals surface area contributed by atoms with Crippen LogP contribution in [0.3, 0.4) is 0 Å². The number of aryl methyl sites for hydroxylation is 1. The van der Waals surface area contributed by atoms with Gasteiger partial charge in [0.2, 0.25) is 0 Å². The number of aromatic nitrogens is 2. The number of nitrogens with zero attached hydrogens (tertiary/aromatic N) is 3. The van der Waals surface area contributed by atoms with E-state index >= 15 is 0 Å². The number of fused-ring (bicyclic) bond motifs is 1. The zero-order chi connectivity index (χ0) is 13.2. The van der Waals surface area contributed by atoms with Crippen LogP contribution in [0.5, 0.6) is 0 Å².